The van der Waals surface area contributed by atoms with Gasteiger partial charge in [0, 0.05) is 23.7 Å². The first-order valence-corrected chi connectivity index (χ1v) is 6.05. The van der Waals surface area contributed by atoms with Crippen LogP contribution in [0.1, 0.15) is 6.92 Å². The van der Waals surface area contributed by atoms with Crippen molar-refractivity contribution in [2.24, 2.45) is 0 Å². The zero-order chi connectivity index (χ0) is 12.3. The van der Waals surface area contributed by atoms with Crippen molar-refractivity contribution in [3.63, 3.8) is 0 Å². The first-order valence-electron chi connectivity index (χ1n) is 5.06. The average Bonchev–Trinajstić information content (AvgIpc) is 2.69. The molecule has 0 saturated carbocycles. The summed E-state index contributed by atoms with van der Waals surface area (Å²) in [5, 5.41) is 8.78. The predicted octanol–water partition coefficient (Wildman–Crippen LogP) is 1.72. The molecule has 0 aromatic carbocycles. The summed E-state index contributed by atoms with van der Waals surface area (Å²) in [5.74, 6) is 7.33. The Hall–Kier alpha value is -1.82. The van der Waals surface area contributed by atoms with Crippen molar-refractivity contribution in [1.29, 1.82) is 0 Å². The number of hydrogen-bond donors (Lipinski definition) is 1. The minimum atomic E-state index is 0.613. The monoisotopic (exact) mass is 247 g/mol. The van der Waals surface area contributed by atoms with Crippen LogP contribution in [-0.4, -0.2) is 25.6 Å². The van der Waals surface area contributed by atoms with E-state index in [0.717, 1.165) is 16.9 Å². The van der Waals surface area contributed by atoms with Gasteiger partial charge >= 0.3 is 0 Å². The molecule has 0 amide bonds. The van der Waals surface area contributed by atoms with E-state index in [0.29, 0.717) is 11.0 Å². The van der Waals surface area contributed by atoms with E-state index >= 15 is 0 Å². The Bertz CT molecular complexity index is 520. The molecule has 2 aromatic rings. The Morgan fingerprint density at radius 3 is 3.00 bits per heavy atom. The van der Waals surface area contributed by atoms with Crippen LogP contribution in [0.5, 0.6) is 0 Å². The van der Waals surface area contributed by atoms with Crippen LogP contribution in [0.15, 0.2) is 41.8 Å². The van der Waals surface area contributed by atoms with Crippen LogP contribution in [0.2, 0.25) is 0 Å². The van der Waals surface area contributed by atoms with Gasteiger partial charge in [-0.05, 0) is 19.1 Å². The number of hydrogen-bond acceptors (Lipinski definition) is 5. The Morgan fingerprint density at radius 2 is 2.35 bits per heavy atom. The maximum absolute atomic E-state index is 5.93. The van der Waals surface area contributed by atoms with E-state index in [-0.39, 0.29) is 0 Å². The fourth-order valence-electron chi connectivity index (χ4n) is 1.26. The van der Waals surface area contributed by atoms with E-state index < -0.39 is 0 Å². The Kier molecular flexibility index (Phi) is 3.43. The summed E-state index contributed by atoms with van der Waals surface area (Å²) in [6.07, 6.45) is 3.41. The second-order valence-electron chi connectivity index (χ2n) is 3.66. The van der Waals surface area contributed by atoms with Crippen molar-refractivity contribution in [1.82, 2.24) is 19.9 Å². The molecular formula is C11H13N5S. The molecule has 2 aromatic heterocycles. The van der Waals surface area contributed by atoms with Crippen LogP contribution >= 0.6 is 11.8 Å². The molecule has 0 spiro atoms. The molecule has 88 valence electrons. The molecule has 0 aliphatic carbocycles. The standard InChI is InChI=1S/C11H13N5S/c1-8(2)7-17-11-15-14-10(16(11)12)9-4-3-5-13-6-9/h3-6H,1,7,12H2,2H3. The van der Waals surface area contributed by atoms with Crippen LogP contribution in [-0.2, 0) is 0 Å². The van der Waals surface area contributed by atoms with Gasteiger partial charge < -0.3 is 5.84 Å². The first kappa shape index (κ1) is 11.7. The summed E-state index contributed by atoms with van der Waals surface area (Å²) >= 11 is 1.52. The molecule has 0 aliphatic heterocycles. The normalized spacial score (nSPS) is 10.4. The number of thioether (sulfide) groups is 1. The zero-order valence-corrected chi connectivity index (χ0v) is 10.3. The third kappa shape index (κ3) is 2.65. The van der Waals surface area contributed by atoms with E-state index in [9.17, 15) is 0 Å². The van der Waals surface area contributed by atoms with Crippen molar-refractivity contribution >= 4 is 11.8 Å². The number of aromatic nitrogens is 4. The van der Waals surface area contributed by atoms with E-state index in [1.165, 1.54) is 16.4 Å². The van der Waals surface area contributed by atoms with E-state index in [2.05, 4.69) is 21.8 Å². The molecule has 2 heterocycles. The molecule has 2 N–H and O–H groups in total. The summed E-state index contributed by atoms with van der Waals surface area (Å²) in [5.41, 5.74) is 1.92. The number of nitrogens with two attached hydrogens (primary N) is 1. The molecule has 0 saturated heterocycles. The van der Waals surface area contributed by atoms with Crippen LogP contribution in [0.3, 0.4) is 0 Å². The number of nitrogens with zero attached hydrogens (tertiary/aromatic N) is 4. The second kappa shape index (κ2) is 5.01. The van der Waals surface area contributed by atoms with Crippen molar-refractivity contribution < 1.29 is 0 Å². The number of nitrogen functional groups attached to an aromatic ring is 1. The molecule has 5 nitrogen and oxygen atoms in total. The van der Waals surface area contributed by atoms with Crippen molar-refractivity contribution in [3.8, 4) is 11.4 Å². The number of pyridine rings is 1. The average molecular weight is 247 g/mol. The molecule has 0 fully saturated rings. The van der Waals surface area contributed by atoms with E-state index in [1.807, 2.05) is 19.1 Å². The highest BCUT2D eigenvalue weighted by atomic mass is 32.2. The fraction of sp³-hybridized carbons (Fsp3) is 0.182. The van der Waals surface area contributed by atoms with Crippen molar-refractivity contribution in [2.75, 3.05) is 11.6 Å². The van der Waals surface area contributed by atoms with Crippen molar-refractivity contribution in [3.05, 3.63) is 36.7 Å². The van der Waals surface area contributed by atoms with Crippen LogP contribution in [0.25, 0.3) is 11.4 Å². The summed E-state index contributed by atoms with van der Waals surface area (Å²) in [4.78, 5) is 4.03. The van der Waals surface area contributed by atoms with Gasteiger partial charge in [-0.2, -0.15) is 0 Å². The highest BCUT2D eigenvalue weighted by Crippen LogP contribution is 2.21. The molecule has 0 atom stereocenters. The maximum atomic E-state index is 5.93. The van der Waals surface area contributed by atoms with Gasteiger partial charge in [-0.15, -0.1) is 10.2 Å². The summed E-state index contributed by atoms with van der Waals surface area (Å²) in [6, 6.07) is 3.73. The third-order valence-electron chi connectivity index (χ3n) is 2.03. The second-order valence-corrected chi connectivity index (χ2v) is 4.61. The Balaban J connectivity index is 2.24. The summed E-state index contributed by atoms with van der Waals surface area (Å²) in [7, 11) is 0. The van der Waals surface area contributed by atoms with Gasteiger partial charge in [-0.3, -0.25) is 4.98 Å². The molecule has 6 heteroatoms. The lowest BCUT2D eigenvalue weighted by Gasteiger charge is -2.02. The molecule has 0 unspecified atom stereocenters. The third-order valence-corrected chi connectivity index (χ3v) is 3.21. The van der Waals surface area contributed by atoms with Gasteiger partial charge in [0.05, 0.1) is 0 Å². The van der Waals surface area contributed by atoms with Gasteiger partial charge in [0.1, 0.15) is 0 Å². The van der Waals surface area contributed by atoms with Gasteiger partial charge in [0.25, 0.3) is 0 Å². The zero-order valence-electron chi connectivity index (χ0n) is 9.50. The molecule has 17 heavy (non-hydrogen) atoms. The lowest BCUT2D eigenvalue weighted by Crippen LogP contribution is -2.11. The van der Waals surface area contributed by atoms with Crippen LogP contribution in [0, 0.1) is 0 Å². The lowest BCUT2D eigenvalue weighted by molar-refractivity contribution is 0.850. The van der Waals surface area contributed by atoms with Crippen LogP contribution in [0.4, 0.5) is 0 Å². The van der Waals surface area contributed by atoms with Gasteiger partial charge in [-0.25, -0.2) is 4.68 Å². The summed E-state index contributed by atoms with van der Waals surface area (Å²) < 4.78 is 1.48. The SMILES string of the molecule is C=C(C)CSc1nnc(-c2cccnc2)n1N. The van der Waals surface area contributed by atoms with Gasteiger partial charge in [-0.1, -0.05) is 23.9 Å². The topological polar surface area (TPSA) is 69.6 Å². The summed E-state index contributed by atoms with van der Waals surface area (Å²) in [6.45, 7) is 5.80. The number of rotatable bonds is 4. The molecular weight excluding hydrogens is 234 g/mol. The maximum Gasteiger partial charge on any atom is 0.210 e. The van der Waals surface area contributed by atoms with Crippen LogP contribution < -0.4 is 5.84 Å². The fourth-order valence-corrected chi connectivity index (χ4v) is 1.95. The van der Waals surface area contributed by atoms with E-state index in [1.54, 1.807) is 12.4 Å². The lowest BCUT2D eigenvalue weighted by atomic mass is 10.3. The van der Waals surface area contributed by atoms with E-state index in [4.69, 9.17) is 5.84 Å². The molecule has 0 radical (unpaired) electrons. The predicted molar refractivity (Wildman–Crippen MR) is 68.9 cm³/mol. The molecule has 2 rings (SSSR count). The highest BCUT2D eigenvalue weighted by molar-refractivity contribution is 7.99. The highest BCUT2D eigenvalue weighted by Gasteiger charge is 2.11. The largest absolute Gasteiger partial charge is 0.335 e. The Morgan fingerprint density at radius 1 is 1.53 bits per heavy atom. The Labute approximate surface area is 104 Å². The van der Waals surface area contributed by atoms with Crippen molar-refractivity contribution in [2.45, 2.75) is 12.1 Å². The molecule has 0 bridgehead atoms. The first-order chi connectivity index (χ1) is 8.18. The van der Waals surface area contributed by atoms with Gasteiger partial charge in [0.15, 0.2) is 5.82 Å². The smallest absolute Gasteiger partial charge is 0.210 e. The van der Waals surface area contributed by atoms with Gasteiger partial charge in [0.2, 0.25) is 5.16 Å². The minimum absolute atomic E-state index is 0.613. The minimum Gasteiger partial charge on any atom is -0.335 e. The quantitative estimate of drug-likeness (QED) is 0.506. The molecule has 0 aliphatic rings.